The minimum Gasteiger partial charge on any atom is -0.326 e. The Hall–Kier alpha value is -0.710. The second kappa shape index (κ2) is 7.67. The fraction of sp³-hybridized carbons (Fsp3) is 0.462. The van der Waals surface area contributed by atoms with Crippen LogP contribution < -0.4 is 10.6 Å². The van der Waals surface area contributed by atoms with Crippen molar-refractivity contribution in [2.75, 3.05) is 24.7 Å². The first-order valence-corrected chi connectivity index (χ1v) is 7.28. The van der Waals surface area contributed by atoms with Gasteiger partial charge in [-0.25, -0.2) is 0 Å². The summed E-state index contributed by atoms with van der Waals surface area (Å²) in [4.78, 5) is 11.9. The Morgan fingerprint density at radius 3 is 2.72 bits per heavy atom. The van der Waals surface area contributed by atoms with Gasteiger partial charge in [-0.1, -0.05) is 12.1 Å². The lowest BCUT2D eigenvalue weighted by atomic mass is 10.1. The lowest BCUT2D eigenvalue weighted by molar-refractivity contribution is -0.119. The highest BCUT2D eigenvalue weighted by Crippen LogP contribution is 2.16. The number of rotatable bonds is 4. The van der Waals surface area contributed by atoms with Crippen LogP contribution in [0.5, 0.6) is 0 Å². The van der Waals surface area contributed by atoms with Gasteiger partial charge >= 0.3 is 0 Å². The molecule has 1 aliphatic rings. The maximum Gasteiger partial charge on any atom is 0.228 e. The van der Waals surface area contributed by atoms with Crippen LogP contribution >= 0.6 is 24.2 Å². The molecule has 0 aliphatic carbocycles. The minimum atomic E-state index is 0. The number of thioether (sulfide) groups is 1. The molecule has 0 saturated carbocycles. The average molecular weight is 287 g/mol. The molecule has 1 heterocycles. The molecule has 1 aromatic rings. The van der Waals surface area contributed by atoms with Crippen molar-refractivity contribution < 1.29 is 4.79 Å². The van der Waals surface area contributed by atoms with Crippen molar-refractivity contribution >= 4 is 35.8 Å². The van der Waals surface area contributed by atoms with Crippen LogP contribution in [0.1, 0.15) is 12.0 Å². The fourth-order valence-corrected chi connectivity index (χ4v) is 2.50. The van der Waals surface area contributed by atoms with Crippen molar-refractivity contribution in [3.63, 3.8) is 0 Å². The van der Waals surface area contributed by atoms with Crippen molar-refractivity contribution in [2.24, 2.45) is 5.92 Å². The molecular formula is C13H19ClN2OS. The van der Waals surface area contributed by atoms with E-state index in [1.807, 2.05) is 12.1 Å². The summed E-state index contributed by atoms with van der Waals surface area (Å²) in [6, 6.07) is 8.09. The number of carbonyl (C=O) groups is 1. The van der Waals surface area contributed by atoms with Gasteiger partial charge in [-0.3, -0.25) is 4.79 Å². The molecule has 1 amide bonds. The highest BCUT2D eigenvalue weighted by atomic mass is 35.5. The molecule has 100 valence electrons. The first-order chi connectivity index (χ1) is 8.29. The fourth-order valence-electron chi connectivity index (χ4n) is 1.97. The zero-order valence-corrected chi connectivity index (χ0v) is 12.1. The molecule has 1 saturated heterocycles. The molecule has 5 heteroatoms. The molecule has 1 fully saturated rings. The third kappa shape index (κ3) is 4.19. The summed E-state index contributed by atoms with van der Waals surface area (Å²) >= 11 is 1.80. The summed E-state index contributed by atoms with van der Waals surface area (Å²) in [5.74, 6) is 1.27. The smallest absolute Gasteiger partial charge is 0.228 e. The van der Waals surface area contributed by atoms with E-state index in [0.29, 0.717) is 0 Å². The van der Waals surface area contributed by atoms with Crippen molar-refractivity contribution in [1.29, 1.82) is 0 Å². The maximum atomic E-state index is 11.9. The molecule has 2 N–H and O–H groups in total. The monoisotopic (exact) mass is 286 g/mol. The van der Waals surface area contributed by atoms with E-state index in [2.05, 4.69) is 29.0 Å². The van der Waals surface area contributed by atoms with Gasteiger partial charge in [0.05, 0.1) is 5.92 Å². The van der Waals surface area contributed by atoms with E-state index in [4.69, 9.17) is 0 Å². The Bertz CT molecular complexity index is 377. The molecule has 0 bridgehead atoms. The number of hydrogen-bond donors (Lipinski definition) is 2. The summed E-state index contributed by atoms with van der Waals surface area (Å²) in [7, 11) is 0. The van der Waals surface area contributed by atoms with E-state index in [1.165, 1.54) is 5.56 Å². The largest absolute Gasteiger partial charge is 0.326 e. The summed E-state index contributed by atoms with van der Waals surface area (Å²) in [6.45, 7) is 1.75. The molecule has 0 spiro atoms. The molecule has 1 atom stereocenters. The van der Waals surface area contributed by atoms with Gasteiger partial charge in [-0.15, -0.1) is 12.4 Å². The highest BCUT2D eigenvalue weighted by Gasteiger charge is 2.22. The third-order valence-electron chi connectivity index (χ3n) is 2.96. The summed E-state index contributed by atoms with van der Waals surface area (Å²) in [6.07, 6.45) is 3.03. The molecule has 1 aromatic carbocycles. The molecule has 2 rings (SSSR count). The maximum absolute atomic E-state index is 11.9. The van der Waals surface area contributed by atoms with Gasteiger partial charge in [0.15, 0.2) is 0 Å². The van der Waals surface area contributed by atoms with Crippen LogP contribution in [0.15, 0.2) is 24.3 Å². The third-order valence-corrected chi connectivity index (χ3v) is 3.59. The second-order valence-electron chi connectivity index (χ2n) is 4.31. The number of carbonyl (C=O) groups excluding carboxylic acids is 1. The predicted octanol–water partition coefficient (Wildman–Crippen LogP) is 2.52. The van der Waals surface area contributed by atoms with Crippen LogP contribution in [0.25, 0.3) is 0 Å². The number of anilines is 1. The van der Waals surface area contributed by atoms with Crippen molar-refractivity contribution in [2.45, 2.75) is 12.2 Å². The normalized spacial score (nSPS) is 18.2. The Morgan fingerprint density at radius 2 is 2.17 bits per heavy atom. The quantitative estimate of drug-likeness (QED) is 0.894. The van der Waals surface area contributed by atoms with E-state index >= 15 is 0 Å². The number of benzene rings is 1. The SMILES string of the molecule is CSCc1ccc(NC(=O)C2CCNC2)cc1.Cl. The molecule has 3 nitrogen and oxygen atoms in total. The summed E-state index contributed by atoms with van der Waals surface area (Å²) < 4.78 is 0. The number of halogens is 1. The lowest BCUT2D eigenvalue weighted by Gasteiger charge is -2.10. The molecule has 18 heavy (non-hydrogen) atoms. The Morgan fingerprint density at radius 1 is 1.44 bits per heavy atom. The van der Waals surface area contributed by atoms with Gasteiger partial charge in [0.25, 0.3) is 0 Å². The summed E-state index contributed by atoms with van der Waals surface area (Å²) in [5.41, 5.74) is 2.18. The van der Waals surface area contributed by atoms with Gasteiger partial charge in [-0.2, -0.15) is 11.8 Å². The first kappa shape index (κ1) is 15.3. The molecule has 1 unspecified atom stereocenters. The average Bonchev–Trinajstić information content (AvgIpc) is 2.86. The summed E-state index contributed by atoms with van der Waals surface area (Å²) in [5, 5.41) is 6.17. The molecule has 0 radical (unpaired) electrons. The second-order valence-corrected chi connectivity index (χ2v) is 5.17. The molecular weight excluding hydrogens is 268 g/mol. The van der Waals surface area contributed by atoms with Crippen LogP contribution in [-0.4, -0.2) is 25.3 Å². The van der Waals surface area contributed by atoms with Crippen LogP contribution in [0.2, 0.25) is 0 Å². The predicted molar refractivity (Wildman–Crippen MR) is 80.5 cm³/mol. The standard InChI is InChI=1S/C13H18N2OS.ClH/c1-17-9-10-2-4-12(5-3-10)15-13(16)11-6-7-14-8-11;/h2-5,11,14H,6-9H2,1H3,(H,15,16);1H. The van der Waals surface area contributed by atoms with Gasteiger partial charge in [0.1, 0.15) is 0 Å². The minimum absolute atomic E-state index is 0. The van der Waals surface area contributed by atoms with E-state index in [-0.39, 0.29) is 24.2 Å². The first-order valence-electron chi connectivity index (χ1n) is 5.89. The van der Waals surface area contributed by atoms with Crippen LogP contribution in [0.3, 0.4) is 0 Å². The van der Waals surface area contributed by atoms with E-state index < -0.39 is 0 Å². The number of hydrogen-bond acceptors (Lipinski definition) is 3. The Balaban J connectivity index is 0.00000162. The van der Waals surface area contributed by atoms with Crippen molar-refractivity contribution in [3.05, 3.63) is 29.8 Å². The van der Waals surface area contributed by atoms with Crippen LogP contribution in [0.4, 0.5) is 5.69 Å². The van der Waals surface area contributed by atoms with Crippen LogP contribution in [0, 0.1) is 5.92 Å². The van der Waals surface area contributed by atoms with E-state index in [1.54, 1.807) is 11.8 Å². The Kier molecular flexibility index (Phi) is 6.54. The zero-order valence-electron chi connectivity index (χ0n) is 10.4. The van der Waals surface area contributed by atoms with Gasteiger partial charge in [0.2, 0.25) is 5.91 Å². The van der Waals surface area contributed by atoms with E-state index in [0.717, 1.165) is 31.0 Å². The van der Waals surface area contributed by atoms with Crippen LogP contribution in [-0.2, 0) is 10.5 Å². The number of nitrogens with one attached hydrogen (secondary N) is 2. The Labute approximate surface area is 119 Å². The zero-order chi connectivity index (χ0) is 12.1. The van der Waals surface area contributed by atoms with Gasteiger partial charge in [-0.05, 0) is 36.9 Å². The topological polar surface area (TPSA) is 41.1 Å². The van der Waals surface area contributed by atoms with E-state index in [9.17, 15) is 4.79 Å². The van der Waals surface area contributed by atoms with Crippen molar-refractivity contribution in [1.82, 2.24) is 5.32 Å². The lowest BCUT2D eigenvalue weighted by Crippen LogP contribution is -2.24. The van der Waals surface area contributed by atoms with Gasteiger partial charge < -0.3 is 10.6 Å². The van der Waals surface area contributed by atoms with Crippen molar-refractivity contribution in [3.8, 4) is 0 Å². The molecule has 1 aliphatic heterocycles. The highest BCUT2D eigenvalue weighted by molar-refractivity contribution is 7.97. The van der Waals surface area contributed by atoms with Gasteiger partial charge in [0, 0.05) is 18.0 Å². The molecule has 0 aromatic heterocycles. The number of amides is 1.